The molecule has 86 valence electrons. The molecular weight excluding hydrogens is 276 g/mol. The van der Waals surface area contributed by atoms with Gasteiger partial charge in [-0.25, -0.2) is 4.79 Å². The van der Waals surface area contributed by atoms with Gasteiger partial charge in [0, 0.05) is 4.47 Å². The molecule has 0 aliphatic heterocycles. The maximum Gasteiger partial charge on any atom is 0.341 e. The van der Waals surface area contributed by atoms with Gasteiger partial charge in [0.2, 0.25) is 0 Å². The molecule has 0 N–H and O–H groups in total. The number of hydrogen-bond acceptors (Lipinski definition) is 4. The molecular formula is C11H11BrO4. The predicted molar refractivity (Wildman–Crippen MR) is 61.8 cm³/mol. The number of carbonyl (C=O) groups excluding carboxylic acids is 2. The summed E-state index contributed by atoms with van der Waals surface area (Å²) >= 11 is 3.31. The van der Waals surface area contributed by atoms with Crippen LogP contribution in [0, 0.1) is 6.92 Å². The Balaban J connectivity index is 3.21. The van der Waals surface area contributed by atoms with Crippen molar-refractivity contribution in [1.29, 1.82) is 0 Å². The fourth-order valence-corrected chi connectivity index (χ4v) is 1.59. The number of ether oxygens (including phenoxy) is 2. The van der Waals surface area contributed by atoms with Gasteiger partial charge in [-0.3, -0.25) is 4.79 Å². The molecule has 0 saturated carbocycles. The van der Waals surface area contributed by atoms with Crippen LogP contribution in [0.25, 0.3) is 0 Å². The summed E-state index contributed by atoms with van der Waals surface area (Å²) in [6.45, 7) is 1.68. The molecule has 1 rings (SSSR count). The number of carbonyl (C=O) groups is 2. The number of halogens is 1. The number of aldehydes is 1. The minimum absolute atomic E-state index is 0.0922. The van der Waals surface area contributed by atoms with Crippen molar-refractivity contribution < 1.29 is 19.1 Å². The van der Waals surface area contributed by atoms with Crippen molar-refractivity contribution in [3.63, 3.8) is 0 Å². The van der Waals surface area contributed by atoms with Crippen LogP contribution in [0.5, 0.6) is 5.75 Å². The van der Waals surface area contributed by atoms with Crippen molar-refractivity contribution in [3.05, 3.63) is 27.7 Å². The summed E-state index contributed by atoms with van der Waals surface area (Å²) in [7, 11) is 1.30. The van der Waals surface area contributed by atoms with E-state index >= 15 is 0 Å². The van der Waals surface area contributed by atoms with E-state index in [0.29, 0.717) is 17.6 Å². The third-order valence-corrected chi connectivity index (χ3v) is 2.92. The van der Waals surface area contributed by atoms with Gasteiger partial charge in [0.1, 0.15) is 17.9 Å². The van der Waals surface area contributed by atoms with Gasteiger partial charge in [0.05, 0.1) is 7.11 Å². The van der Waals surface area contributed by atoms with Crippen molar-refractivity contribution in [2.45, 2.75) is 6.92 Å². The second-order valence-electron chi connectivity index (χ2n) is 3.01. The highest BCUT2D eigenvalue weighted by atomic mass is 79.9. The molecule has 0 aromatic heterocycles. The fraction of sp³-hybridized carbons (Fsp3) is 0.273. The topological polar surface area (TPSA) is 52.6 Å². The first-order valence-electron chi connectivity index (χ1n) is 4.55. The summed E-state index contributed by atoms with van der Waals surface area (Å²) in [4.78, 5) is 21.8. The lowest BCUT2D eigenvalue weighted by Gasteiger charge is -2.11. The van der Waals surface area contributed by atoms with Crippen LogP contribution in [-0.4, -0.2) is 26.0 Å². The lowest BCUT2D eigenvalue weighted by Crippen LogP contribution is -2.09. The zero-order valence-electron chi connectivity index (χ0n) is 8.95. The van der Waals surface area contributed by atoms with Crippen LogP contribution in [0.2, 0.25) is 0 Å². The maximum absolute atomic E-state index is 11.6. The van der Waals surface area contributed by atoms with E-state index in [2.05, 4.69) is 20.7 Å². The third kappa shape index (κ3) is 2.61. The van der Waals surface area contributed by atoms with Crippen molar-refractivity contribution in [1.82, 2.24) is 0 Å². The SMILES string of the molecule is COC(=O)c1c(OCC=O)ccc(Br)c1C. The molecule has 0 bridgehead atoms. The summed E-state index contributed by atoms with van der Waals surface area (Å²) < 4.78 is 10.6. The van der Waals surface area contributed by atoms with Crippen molar-refractivity contribution in [2.24, 2.45) is 0 Å². The average Bonchev–Trinajstić information content (AvgIpc) is 2.29. The Morgan fingerprint density at radius 2 is 2.19 bits per heavy atom. The highest BCUT2D eigenvalue weighted by Gasteiger charge is 2.17. The predicted octanol–water partition coefficient (Wildman–Crippen LogP) is 2.12. The molecule has 0 spiro atoms. The number of methoxy groups -OCH3 is 1. The third-order valence-electron chi connectivity index (χ3n) is 2.06. The summed E-state index contributed by atoms with van der Waals surface area (Å²) in [6.07, 6.45) is 0.623. The van der Waals surface area contributed by atoms with Crippen LogP contribution in [0.4, 0.5) is 0 Å². The summed E-state index contributed by atoms with van der Waals surface area (Å²) in [6, 6.07) is 3.37. The van der Waals surface area contributed by atoms with E-state index in [1.54, 1.807) is 19.1 Å². The molecule has 0 radical (unpaired) electrons. The Hall–Kier alpha value is -1.36. The van der Waals surface area contributed by atoms with E-state index in [0.717, 1.165) is 10.0 Å². The molecule has 1 aromatic rings. The molecule has 0 aliphatic carbocycles. The highest BCUT2D eigenvalue weighted by Crippen LogP contribution is 2.29. The highest BCUT2D eigenvalue weighted by molar-refractivity contribution is 9.10. The van der Waals surface area contributed by atoms with Crippen LogP contribution in [0.15, 0.2) is 16.6 Å². The van der Waals surface area contributed by atoms with Gasteiger partial charge in [-0.15, -0.1) is 0 Å². The van der Waals surface area contributed by atoms with Crippen LogP contribution in [0.1, 0.15) is 15.9 Å². The average molecular weight is 287 g/mol. The lowest BCUT2D eigenvalue weighted by molar-refractivity contribution is -0.109. The summed E-state index contributed by atoms with van der Waals surface area (Å²) in [5, 5.41) is 0. The van der Waals surface area contributed by atoms with Crippen LogP contribution in [-0.2, 0) is 9.53 Å². The largest absolute Gasteiger partial charge is 0.485 e. The van der Waals surface area contributed by atoms with Crippen molar-refractivity contribution in [3.8, 4) is 5.75 Å². The number of benzene rings is 1. The van der Waals surface area contributed by atoms with E-state index in [9.17, 15) is 9.59 Å². The molecule has 0 unspecified atom stereocenters. The van der Waals surface area contributed by atoms with Gasteiger partial charge in [-0.2, -0.15) is 0 Å². The molecule has 0 amide bonds. The zero-order chi connectivity index (χ0) is 12.1. The van der Waals surface area contributed by atoms with Gasteiger partial charge in [-0.05, 0) is 24.6 Å². The Labute approximate surface area is 102 Å². The van der Waals surface area contributed by atoms with E-state index in [4.69, 9.17) is 4.74 Å². The molecule has 1 aromatic carbocycles. The quantitative estimate of drug-likeness (QED) is 0.628. The molecule has 4 nitrogen and oxygen atoms in total. The van der Waals surface area contributed by atoms with Gasteiger partial charge in [0.25, 0.3) is 0 Å². The standard InChI is InChI=1S/C11H11BrO4/c1-7-8(12)3-4-9(16-6-5-13)10(7)11(14)15-2/h3-5H,6H2,1-2H3. The van der Waals surface area contributed by atoms with Crippen LogP contribution < -0.4 is 4.74 Å². The van der Waals surface area contributed by atoms with Crippen LogP contribution in [0.3, 0.4) is 0 Å². The minimum Gasteiger partial charge on any atom is -0.485 e. The first kappa shape index (κ1) is 12.7. The van der Waals surface area contributed by atoms with Gasteiger partial charge in [-0.1, -0.05) is 15.9 Å². The molecule has 0 heterocycles. The molecule has 0 fully saturated rings. The summed E-state index contributed by atoms with van der Waals surface area (Å²) in [5.41, 5.74) is 1.05. The summed E-state index contributed by atoms with van der Waals surface area (Å²) in [5.74, 6) is -0.139. The number of hydrogen-bond donors (Lipinski definition) is 0. The second-order valence-corrected chi connectivity index (χ2v) is 3.87. The number of esters is 1. The van der Waals surface area contributed by atoms with E-state index in [1.165, 1.54) is 7.11 Å². The molecule has 0 atom stereocenters. The van der Waals surface area contributed by atoms with E-state index < -0.39 is 5.97 Å². The first-order valence-corrected chi connectivity index (χ1v) is 5.35. The second kappa shape index (κ2) is 5.65. The van der Waals surface area contributed by atoms with Gasteiger partial charge in [0.15, 0.2) is 6.29 Å². The van der Waals surface area contributed by atoms with Gasteiger partial charge < -0.3 is 9.47 Å². The van der Waals surface area contributed by atoms with Gasteiger partial charge >= 0.3 is 5.97 Å². The Bertz CT molecular complexity index is 415. The smallest absolute Gasteiger partial charge is 0.341 e. The lowest BCUT2D eigenvalue weighted by atomic mass is 10.1. The maximum atomic E-state index is 11.6. The normalized spacial score (nSPS) is 9.69. The van der Waals surface area contributed by atoms with E-state index in [-0.39, 0.29) is 6.61 Å². The Morgan fingerprint density at radius 1 is 1.50 bits per heavy atom. The molecule has 0 aliphatic rings. The monoisotopic (exact) mass is 286 g/mol. The fourth-order valence-electron chi connectivity index (χ4n) is 1.26. The Kier molecular flexibility index (Phi) is 4.49. The Morgan fingerprint density at radius 3 is 2.75 bits per heavy atom. The first-order chi connectivity index (χ1) is 7.61. The number of rotatable bonds is 4. The van der Waals surface area contributed by atoms with E-state index in [1.807, 2.05) is 0 Å². The molecule has 16 heavy (non-hydrogen) atoms. The van der Waals surface area contributed by atoms with Crippen molar-refractivity contribution >= 4 is 28.2 Å². The minimum atomic E-state index is -0.486. The van der Waals surface area contributed by atoms with Crippen LogP contribution >= 0.6 is 15.9 Å². The molecule has 5 heteroatoms. The van der Waals surface area contributed by atoms with Crippen molar-refractivity contribution in [2.75, 3.05) is 13.7 Å². The zero-order valence-corrected chi connectivity index (χ0v) is 10.5. The molecule has 0 saturated heterocycles.